The van der Waals surface area contributed by atoms with Gasteiger partial charge in [-0.2, -0.15) is 0 Å². The van der Waals surface area contributed by atoms with Gasteiger partial charge in [-0.1, -0.05) is 0 Å². The number of hydrogen-bond donors (Lipinski definition) is 4. The van der Waals surface area contributed by atoms with Gasteiger partial charge >= 0.3 is 7.60 Å². The maximum Gasteiger partial charge on any atom is 0.334 e. The third kappa shape index (κ3) is 4.14. The van der Waals surface area contributed by atoms with Gasteiger partial charge < -0.3 is 29.7 Å². The lowest BCUT2D eigenvalue weighted by molar-refractivity contribution is 0.337. The van der Waals surface area contributed by atoms with Gasteiger partial charge in [-0.25, -0.2) is 9.97 Å². The maximum absolute atomic E-state index is 11.9. The number of nitrogens with zero attached hydrogens (tertiary/aromatic N) is 2. The van der Waals surface area contributed by atoms with Gasteiger partial charge in [-0.15, -0.1) is 0 Å². The normalized spacial score (nSPS) is 12.5. The van der Waals surface area contributed by atoms with Crippen molar-refractivity contribution in [2.24, 2.45) is 0 Å². The summed E-state index contributed by atoms with van der Waals surface area (Å²) < 4.78 is 22.0. The van der Waals surface area contributed by atoms with E-state index in [9.17, 15) is 19.5 Å². The molecule has 130 valence electrons. The number of rotatable bonds is 7. The lowest BCUT2D eigenvalue weighted by Crippen LogP contribution is -2.15. The molecule has 9 nitrogen and oxygen atoms in total. The van der Waals surface area contributed by atoms with Crippen LogP contribution in [0.1, 0.15) is 11.2 Å². The quantitative estimate of drug-likeness (QED) is 0.545. The Labute approximate surface area is 138 Å². The van der Waals surface area contributed by atoms with Crippen molar-refractivity contribution in [3.05, 3.63) is 36.2 Å². The van der Waals surface area contributed by atoms with Crippen molar-refractivity contribution >= 4 is 13.5 Å². The lowest BCUT2D eigenvalue weighted by atomic mass is 10.1. The standard InChI is InChI=1S/C14H18N3O6P/c1-22-10-6-9(7-11(23-2)13(10)18)12(24(19,20)21)8-17-14-15-4-3-5-16-14/h3-7,12,18H,8H2,1-2H3,(H,15,16,17)(H2,19,20,21). The molecular formula is C14H18N3O6P. The third-order valence-corrected chi connectivity index (χ3v) is 4.60. The van der Waals surface area contributed by atoms with Crippen LogP contribution in [0.25, 0.3) is 0 Å². The first-order chi connectivity index (χ1) is 11.4. The molecule has 10 heteroatoms. The van der Waals surface area contributed by atoms with Gasteiger partial charge in [0.15, 0.2) is 11.5 Å². The molecule has 1 heterocycles. The van der Waals surface area contributed by atoms with Crippen LogP contribution in [0.4, 0.5) is 5.95 Å². The predicted molar refractivity (Wildman–Crippen MR) is 86.5 cm³/mol. The summed E-state index contributed by atoms with van der Waals surface area (Å²) in [5.41, 5.74) is -0.956. The minimum atomic E-state index is -4.52. The summed E-state index contributed by atoms with van der Waals surface area (Å²) in [6.45, 7) is -0.120. The molecule has 4 N–H and O–H groups in total. The Bertz CT molecular complexity index is 712. The molecular weight excluding hydrogens is 337 g/mol. The third-order valence-electron chi connectivity index (χ3n) is 3.31. The van der Waals surface area contributed by atoms with Gasteiger partial charge in [0.25, 0.3) is 0 Å². The van der Waals surface area contributed by atoms with Crippen LogP contribution >= 0.6 is 7.60 Å². The number of phenols is 1. The zero-order chi connectivity index (χ0) is 17.7. The fourth-order valence-corrected chi connectivity index (χ4v) is 2.98. The average Bonchev–Trinajstić information content (AvgIpc) is 2.55. The first kappa shape index (κ1) is 18.0. The highest BCUT2D eigenvalue weighted by atomic mass is 31.2. The highest BCUT2D eigenvalue weighted by Gasteiger charge is 2.32. The second-order valence-electron chi connectivity index (χ2n) is 4.83. The molecule has 0 fully saturated rings. The SMILES string of the molecule is COc1cc(C(CNc2ncccn2)P(=O)(O)O)cc(OC)c1O. The number of anilines is 1. The first-order valence-corrected chi connectivity index (χ1v) is 8.56. The van der Waals surface area contributed by atoms with Crippen LogP contribution in [0, 0.1) is 0 Å². The topological polar surface area (TPSA) is 134 Å². The van der Waals surface area contributed by atoms with Gasteiger partial charge in [-0.05, 0) is 23.8 Å². The van der Waals surface area contributed by atoms with E-state index in [0.717, 1.165) is 0 Å². The molecule has 1 aromatic carbocycles. The average molecular weight is 355 g/mol. The Morgan fingerprint density at radius 3 is 2.17 bits per heavy atom. The minimum absolute atomic E-state index is 0.0544. The Hall–Kier alpha value is -2.35. The van der Waals surface area contributed by atoms with Crippen LogP contribution < -0.4 is 14.8 Å². The number of ether oxygens (including phenoxy) is 2. The monoisotopic (exact) mass is 355 g/mol. The molecule has 2 rings (SSSR count). The van der Waals surface area contributed by atoms with Crippen LogP contribution in [0.5, 0.6) is 17.2 Å². The van der Waals surface area contributed by atoms with Crippen molar-refractivity contribution in [3.8, 4) is 17.2 Å². The number of nitrogens with one attached hydrogen (secondary N) is 1. The molecule has 1 atom stereocenters. The molecule has 0 saturated heterocycles. The summed E-state index contributed by atoms with van der Waals surface area (Å²) in [7, 11) is -1.85. The van der Waals surface area contributed by atoms with Crippen LogP contribution in [0.2, 0.25) is 0 Å². The Morgan fingerprint density at radius 2 is 1.71 bits per heavy atom. The fourth-order valence-electron chi connectivity index (χ4n) is 2.12. The second kappa shape index (κ2) is 7.48. The molecule has 2 aromatic rings. The summed E-state index contributed by atoms with van der Waals surface area (Å²) in [5, 5.41) is 12.7. The maximum atomic E-state index is 11.9. The number of methoxy groups -OCH3 is 2. The molecule has 1 aromatic heterocycles. The molecule has 1 unspecified atom stereocenters. The van der Waals surface area contributed by atoms with Gasteiger partial charge in [0.1, 0.15) is 5.66 Å². The Morgan fingerprint density at radius 1 is 1.17 bits per heavy atom. The second-order valence-corrected chi connectivity index (χ2v) is 6.63. The largest absolute Gasteiger partial charge is 0.502 e. The van der Waals surface area contributed by atoms with Crippen LogP contribution in [0.15, 0.2) is 30.6 Å². The minimum Gasteiger partial charge on any atom is -0.502 e. The molecule has 0 spiro atoms. The highest BCUT2D eigenvalue weighted by molar-refractivity contribution is 7.52. The van der Waals surface area contributed by atoms with E-state index in [2.05, 4.69) is 15.3 Å². The molecule has 0 radical (unpaired) electrons. The van der Waals surface area contributed by atoms with Crippen LogP contribution in [-0.2, 0) is 4.57 Å². The van der Waals surface area contributed by atoms with E-state index in [-0.39, 0.29) is 35.3 Å². The molecule has 0 amide bonds. The summed E-state index contributed by atoms with van der Waals surface area (Å²) >= 11 is 0. The highest BCUT2D eigenvalue weighted by Crippen LogP contribution is 2.53. The van der Waals surface area contributed by atoms with Crippen molar-refractivity contribution in [1.82, 2.24) is 9.97 Å². The van der Waals surface area contributed by atoms with Gasteiger partial charge in [0, 0.05) is 18.9 Å². The summed E-state index contributed by atoms with van der Waals surface area (Å²) in [5.74, 6) is 0.110. The summed E-state index contributed by atoms with van der Waals surface area (Å²) in [6.07, 6.45) is 3.02. The van der Waals surface area contributed by atoms with E-state index < -0.39 is 13.3 Å². The number of hydrogen-bond acceptors (Lipinski definition) is 7. The van der Waals surface area contributed by atoms with Crippen LogP contribution in [-0.4, -0.2) is 45.6 Å². The van der Waals surface area contributed by atoms with Crippen molar-refractivity contribution in [2.45, 2.75) is 5.66 Å². The van der Waals surface area contributed by atoms with Gasteiger partial charge in [0.05, 0.1) is 14.2 Å². The number of aromatic nitrogens is 2. The van der Waals surface area contributed by atoms with Crippen molar-refractivity contribution in [2.75, 3.05) is 26.1 Å². The molecule has 0 saturated carbocycles. The smallest absolute Gasteiger partial charge is 0.334 e. The van der Waals surface area contributed by atoms with E-state index in [4.69, 9.17) is 9.47 Å². The van der Waals surface area contributed by atoms with Crippen molar-refractivity contribution < 1.29 is 28.9 Å². The lowest BCUT2D eigenvalue weighted by Gasteiger charge is -2.21. The summed E-state index contributed by atoms with van der Waals surface area (Å²) in [6, 6.07) is 4.34. The molecule has 0 aliphatic rings. The van der Waals surface area contributed by atoms with Crippen LogP contribution in [0.3, 0.4) is 0 Å². The van der Waals surface area contributed by atoms with E-state index >= 15 is 0 Å². The zero-order valence-corrected chi connectivity index (χ0v) is 14.0. The van der Waals surface area contributed by atoms with E-state index in [0.29, 0.717) is 0 Å². The Balaban J connectivity index is 2.36. The Kier molecular flexibility index (Phi) is 5.61. The summed E-state index contributed by atoms with van der Waals surface area (Å²) in [4.78, 5) is 27.3. The van der Waals surface area contributed by atoms with Gasteiger partial charge in [0.2, 0.25) is 11.7 Å². The predicted octanol–water partition coefficient (Wildman–Crippen LogP) is 1.53. The van der Waals surface area contributed by atoms with Crippen molar-refractivity contribution in [3.63, 3.8) is 0 Å². The molecule has 24 heavy (non-hydrogen) atoms. The number of aromatic hydroxyl groups is 1. The van der Waals surface area contributed by atoms with Crippen molar-refractivity contribution in [1.29, 1.82) is 0 Å². The molecule has 0 bridgehead atoms. The van der Waals surface area contributed by atoms with E-state index in [1.54, 1.807) is 6.07 Å². The zero-order valence-electron chi connectivity index (χ0n) is 13.1. The van der Waals surface area contributed by atoms with E-state index in [1.807, 2.05) is 0 Å². The van der Waals surface area contributed by atoms with Gasteiger partial charge in [-0.3, -0.25) is 4.57 Å². The fraction of sp³-hybridized carbons (Fsp3) is 0.286. The molecule has 0 aliphatic heterocycles. The van der Waals surface area contributed by atoms with E-state index in [1.165, 1.54) is 38.7 Å². The number of benzene rings is 1. The molecule has 0 aliphatic carbocycles. The number of phenolic OH excluding ortho intramolecular Hbond substituents is 1. The first-order valence-electron chi connectivity index (χ1n) is 6.87.